The summed E-state index contributed by atoms with van der Waals surface area (Å²) < 4.78 is 6.22. The van der Waals surface area contributed by atoms with Crippen LogP contribution in [0.15, 0.2) is 22.7 Å². The molecule has 0 aliphatic heterocycles. The van der Waals surface area contributed by atoms with Crippen LogP contribution >= 0.6 is 27.5 Å². The van der Waals surface area contributed by atoms with Gasteiger partial charge in [-0.15, -0.1) is 11.6 Å². The number of halogens is 2. The van der Waals surface area contributed by atoms with Gasteiger partial charge in [0.2, 0.25) is 0 Å². The van der Waals surface area contributed by atoms with Crippen molar-refractivity contribution in [1.82, 2.24) is 5.32 Å². The second-order valence-corrected chi connectivity index (χ2v) is 6.76. The van der Waals surface area contributed by atoms with Gasteiger partial charge in [0.15, 0.2) is 0 Å². The summed E-state index contributed by atoms with van der Waals surface area (Å²) in [4.78, 5) is 0. The molecule has 0 bridgehead atoms. The van der Waals surface area contributed by atoms with Crippen molar-refractivity contribution in [1.29, 1.82) is 0 Å². The maximum absolute atomic E-state index is 5.75. The van der Waals surface area contributed by atoms with Gasteiger partial charge in [-0.05, 0) is 51.9 Å². The molecular weight excluding hydrogens is 326 g/mol. The minimum Gasteiger partial charge on any atom is -0.496 e. The van der Waals surface area contributed by atoms with Crippen LogP contribution in [-0.2, 0) is 6.54 Å². The first kappa shape index (κ1) is 16.8. The molecule has 0 fully saturated rings. The second-order valence-electron chi connectivity index (χ2n) is 5.53. The molecule has 0 spiro atoms. The van der Waals surface area contributed by atoms with Crippen LogP contribution in [0.3, 0.4) is 0 Å². The standard InChI is InChI=1S/C15H23BrClNO/c1-15(2,7-4-8-17)11-18-10-12-5-6-14(19-3)13(16)9-12/h5-6,9,18H,4,7-8,10-11H2,1-3H3. The van der Waals surface area contributed by atoms with Gasteiger partial charge in [0.1, 0.15) is 5.75 Å². The van der Waals surface area contributed by atoms with E-state index in [4.69, 9.17) is 16.3 Å². The third kappa shape index (κ3) is 6.15. The molecule has 0 atom stereocenters. The number of hydrogen-bond acceptors (Lipinski definition) is 2. The average molecular weight is 349 g/mol. The molecule has 0 unspecified atom stereocenters. The van der Waals surface area contributed by atoms with Crippen LogP contribution in [-0.4, -0.2) is 19.5 Å². The number of rotatable bonds is 8. The fourth-order valence-corrected chi connectivity index (χ4v) is 2.72. The molecule has 0 saturated heterocycles. The lowest BCUT2D eigenvalue weighted by atomic mass is 9.88. The molecule has 2 nitrogen and oxygen atoms in total. The summed E-state index contributed by atoms with van der Waals surface area (Å²) in [7, 11) is 1.68. The third-order valence-corrected chi connectivity index (χ3v) is 4.02. The van der Waals surface area contributed by atoms with Crippen molar-refractivity contribution >= 4 is 27.5 Å². The number of alkyl halides is 1. The molecule has 4 heteroatoms. The van der Waals surface area contributed by atoms with E-state index in [1.165, 1.54) is 5.56 Å². The highest BCUT2D eigenvalue weighted by atomic mass is 79.9. The zero-order valence-corrected chi connectivity index (χ0v) is 14.3. The Kier molecular flexibility index (Phi) is 7.19. The molecule has 0 saturated carbocycles. The highest BCUT2D eigenvalue weighted by Gasteiger charge is 2.16. The Morgan fingerprint density at radius 2 is 2.11 bits per heavy atom. The van der Waals surface area contributed by atoms with Gasteiger partial charge in [0.05, 0.1) is 11.6 Å². The molecule has 1 N–H and O–H groups in total. The molecule has 0 aliphatic rings. The summed E-state index contributed by atoms with van der Waals surface area (Å²) >= 11 is 9.25. The Morgan fingerprint density at radius 1 is 1.37 bits per heavy atom. The van der Waals surface area contributed by atoms with E-state index in [1.807, 2.05) is 6.07 Å². The van der Waals surface area contributed by atoms with Gasteiger partial charge in [0.25, 0.3) is 0 Å². The van der Waals surface area contributed by atoms with E-state index in [2.05, 4.69) is 47.2 Å². The fraction of sp³-hybridized carbons (Fsp3) is 0.600. The summed E-state index contributed by atoms with van der Waals surface area (Å²) in [5.41, 5.74) is 1.54. The number of methoxy groups -OCH3 is 1. The van der Waals surface area contributed by atoms with Gasteiger partial charge < -0.3 is 10.1 Å². The molecule has 0 heterocycles. The van der Waals surface area contributed by atoms with E-state index in [1.54, 1.807) is 7.11 Å². The van der Waals surface area contributed by atoms with E-state index in [0.717, 1.165) is 42.0 Å². The summed E-state index contributed by atoms with van der Waals surface area (Å²) in [6.45, 7) is 6.41. The molecule has 1 aromatic rings. The largest absolute Gasteiger partial charge is 0.496 e. The Morgan fingerprint density at radius 3 is 2.68 bits per heavy atom. The maximum Gasteiger partial charge on any atom is 0.133 e. The van der Waals surface area contributed by atoms with Crippen molar-refractivity contribution < 1.29 is 4.74 Å². The van der Waals surface area contributed by atoms with E-state index in [0.29, 0.717) is 5.41 Å². The van der Waals surface area contributed by atoms with Crippen molar-refractivity contribution in [2.45, 2.75) is 33.2 Å². The van der Waals surface area contributed by atoms with E-state index in [9.17, 15) is 0 Å². The average Bonchev–Trinajstić information content (AvgIpc) is 2.36. The lowest BCUT2D eigenvalue weighted by Crippen LogP contribution is -2.29. The zero-order chi connectivity index (χ0) is 14.3. The van der Waals surface area contributed by atoms with Gasteiger partial charge in [-0.3, -0.25) is 0 Å². The zero-order valence-electron chi connectivity index (χ0n) is 11.9. The predicted molar refractivity (Wildman–Crippen MR) is 86.1 cm³/mol. The van der Waals surface area contributed by atoms with E-state index < -0.39 is 0 Å². The summed E-state index contributed by atoms with van der Waals surface area (Å²) in [6, 6.07) is 6.17. The minimum absolute atomic E-state index is 0.290. The number of benzene rings is 1. The second kappa shape index (κ2) is 8.13. The van der Waals surface area contributed by atoms with Crippen LogP contribution in [0.5, 0.6) is 5.75 Å². The van der Waals surface area contributed by atoms with Crippen LogP contribution in [0.2, 0.25) is 0 Å². The van der Waals surface area contributed by atoms with E-state index >= 15 is 0 Å². The van der Waals surface area contributed by atoms with Crippen molar-refractivity contribution in [2.75, 3.05) is 19.5 Å². The minimum atomic E-state index is 0.290. The lowest BCUT2D eigenvalue weighted by molar-refractivity contribution is 0.311. The normalized spacial score (nSPS) is 11.6. The first-order chi connectivity index (χ1) is 8.98. The van der Waals surface area contributed by atoms with Crippen LogP contribution < -0.4 is 10.1 Å². The Bertz CT molecular complexity index is 396. The monoisotopic (exact) mass is 347 g/mol. The van der Waals surface area contributed by atoms with Crippen molar-refractivity contribution in [3.63, 3.8) is 0 Å². The highest BCUT2D eigenvalue weighted by Crippen LogP contribution is 2.26. The molecule has 1 rings (SSSR count). The third-order valence-electron chi connectivity index (χ3n) is 3.14. The first-order valence-corrected chi connectivity index (χ1v) is 7.90. The van der Waals surface area contributed by atoms with Gasteiger partial charge in [-0.25, -0.2) is 0 Å². The van der Waals surface area contributed by atoms with Gasteiger partial charge in [-0.2, -0.15) is 0 Å². The van der Waals surface area contributed by atoms with Crippen molar-refractivity contribution in [2.24, 2.45) is 5.41 Å². The van der Waals surface area contributed by atoms with Gasteiger partial charge in [-0.1, -0.05) is 19.9 Å². The predicted octanol–water partition coefficient (Wildman–Crippen LogP) is 4.59. The SMILES string of the molecule is COc1ccc(CNCC(C)(C)CCCCl)cc1Br. The van der Waals surface area contributed by atoms with Crippen LogP contribution in [0.1, 0.15) is 32.3 Å². The number of hydrogen-bond donors (Lipinski definition) is 1. The maximum atomic E-state index is 5.75. The lowest BCUT2D eigenvalue weighted by Gasteiger charge is -2.24. The Balaban J connectivity index is 2.42. The highest BCUT2D eigenvalue weighted by molar-refractivity contribution is 9.10. The molecule has 1 aromatic carbocycles. The quantitative estimate of drug-likeness (QED) is 0.694. The summed E-state index contributed by atoms with van der Waals surface area (Å²) in [6.07, 6.45) is 2.22. The molecule has 0 amide bonds. The number of ether oxygens (including phenoxy) is 1. The first-order valence-electron chi connectivity index (χ1n) is 6.57. The molecule has 108 valence electrons. The van der Waals surface area contributed by atoms with Gasteiger partial charge >= 0.3 is 0 Å². The molecule has 0 aromatic heterocycles. The fourth-order valence-electron chi connectivity index (χ4n) is 2.00. The smallest absolute Gasteiger partial charge is 0.133 e. The number of nitrogens with one attached hydrogen (secondary N) is 1. The van der Waals surface area contributed by atoms with Crippen LogP contribution in [0.4, 0.5) is 0 Å². The Labute approximate surface area is 130 Å². The van der Waals surface area contributed by atoms with Crippen molar-refractivity contribution in [3.8, 4) is 5.75 Å². The van der Waals surface area contributed by atoms with Crippen molar-refractivity contribution in [3.05, 3.63) is 28.2 Å². The Hall–Kier alpha value is -0.250. The summed E-state index contributed by atoms with van der Waals surface area (Å²) in [5.74, 6) is 1.61. The topological polar surface area (TPSA) is 21.3 Å². The van der Waals surface area contributed by atoms with Crippen LogP contribution in [0.25, 0.3) is 0 Å². The molecule has 0 radical (unpaired) electrons. The summed E-state index contributed by atoms with van der Waals surface area (Å²) in [5, 5.41) is 3.51. The van der Waals surface area contributed by atoms with Gasteiger partial charge in [0, 0.05) is 19.0 Å². The molecule has 19 heavy (non-hydrogen) atoms. The van der Waals surface area contributed by atoms with Crippen LogP contribution in [0, 0.1) is 5.41 Å². The van der Waals surface area contributed by atoms with E-state index in [-0.39, 0.29) is 0 Å². The molecule has 0 aliphatic carbocycles. The molecular formula is C15H23BrClNO.